The predicted molar refractivity (Wildman–Crippen MR) is 35.3 cm³/mol. The fourth-order valence-electron chi connectivity index (χ4n) is 0.281. The zero-order valence-electron chi connectivity index (χ0n) is 3.89. The van der Waals surface area contributed by atoms with Crippen LogP contribution in [-0.4, -0.2) is 10.2 Å². The summed E-state index contributed by atoms with van der Waals surface area (Å²) >= 11 is 5.41. The minimum absolute atomic E-state index is 0. The van der Waals surface area contributed by atoms with E-state index in [1.54, 1.807) is 0 Å². The molecular formula is C3H5Cl2N3. The highest BCUT2D eigenvalue weighted by molar-refractivity contribution is 6.32. The van der Waals surface area contributed by atoms with Crippen molar-refractivity contribution < 1.29 is 0 Å². The smallest absolute Gasteiger partial charge is 0.137 e. The number of nitrogens with one attached hydrogen (secondary N) is 1. The SMILES string of the molecule is Cl.Nc1[nH]ncc1Cl. The molecule has 0 unspecified atom stereocenters. The monoisotopic (exact) mass is 153 g/mol. The summed E-state index contributed by atoms with van der Waals surface area (Å²) in [5.41, 5.74) is 5.19. The number of aromatic amines is 1. The van der Waals surface area contributed by atoms with E-state index in [0.717, 1.165) is 0 Å². The molecule has 1 heterocycles. The van der Waals surface area contributed by atoms with E-state index < -0.39 is 0 Å². The average Bonchev–Trinajstić information content (AvgIpc) is 1.91. The van der Waals surface area contributed by atoms with Gasteiger partial charge in [0.1, 0.15) is 10.8 Å². The third kappa shape index (κ3) is 1.28. The molecule has 0 fully saturated rings. The summed E-state index contributed by atoms with van der Waals surface area (Å²) in [5, 5.41) is 6.48. The lowest BCUT2D eigenvalue weighted by atomic mass is 10.7. The number of nitrogens with two attached hydrogens (primary N) is 1. The van der Waals surface area contributed by atoms with Crippen molar-refractivity contribution in [2.24, 2.45) is 0 Å². The zero-order chi connectivity index (χ0) is 5.28. The molecule has 0 aliphatic rings. The van der Waals surface area contributed by atoms with E-state index in [2.05, 4.69) is 10.2 Å². The van der Waals surface area contributed by atoms with E-state index in [1.165, 1.54) is 6.20 Å². The molecule has 0 aliphatic heterocycles. The minimum Gasteiger partial charge on any atom is -0.383 e. The van der Waals surface area contributed by atoms with Gasteiger partial charge in [-0.05, 0) is 0 Å². The van der Waals surface area contributed by atoms with Crippen LogP contribution in [-0.2, 0) is 0 Å². The molecule has 1 rings (SSSR count). The van der Waals surface area contributed by atoms with Crippen molar-refractivity contribution in [3.8, 4) is 0 Å². The van der Waals surface area contributed by atoms with Crippen LogP contribution in [0.5, 0.6) is 0 Å². The molecule has 0 atom stereocenters. The maximum atomic E-state index is 5.41. The second-order valence-electron chi connectivity index (χ2n) is 1.13. The number of halogens is 2. The van der Waals surface area contributed by atoms with Gasteiger partial charge in [-0.25, -0.2) is 0 Å². The molecule has 0 amide bonds. The molecule has 0 aliphatic carbocycles. The third-order valence-electron chi connectivity index (χ3n) is 0.620. The van der Waals surface area contributed by atoms with E-state index in [0.29, 0.717) is 10.8 Å². The second-order valence-corrected chi connectivity index (χ2v) is 1.54. The van der Waals surface area contributed by atoms with Gasteiger partial charge >= 0.3 is 0 Å². The van der Waals surface area contributed by atoms with Crippen molar-refractivity contribution in [3.05, 3.63) is 11.2 Å². The lowest BCUT2D eigenvalue weighted by molar-refractivity contribution is 1.10. The maximum absolute atomic E-state index is 5.41. The lowest BCUT2D eigenvalue weighted by Crippen LogP contribution is -1.82. The third-order valence-corrected chi connectivity index (χ3v) is 0.921. The summed E-state index contributed by atoms with van der Waals surface area (Å²) in [6, 6.07) is 0. The van der Waals surface area contributed by atoms with Gasteiger partial charge in [0.15, 0.2) is 0 Å². The standard InChI is InChI=1S/C3H4ClN3.ClH/c4-2-1-6-7-3(2)5;/h1H,(H3,5,6,7);1H. The molecule has 46 valence electrons. The van der Waals surface area contributed by atoms with Crippen molar-refractivity contribution >= 4 is 29.8 Å². The van der Waals surface area contributed by atoms with E-state index in [4.69, 9.17) is 17.3 Å². The van der Waals surface area contributed by atoms with E-state index >= 15 is 0 Å². The van der Waals surface area contributed by atoms with Crippen LogP contribution < -0.4 is 5.73 Å². The molecule has 0 bridgehead atoms. The average molecular weight is 154 g/mol. The molecule has 8 heavy (non-hydrogen) atoms. The lowest BCUT2D eigenvalue weighted by Gasteiger charge is -1.77. The number of aromatic nitrogens is 2. The number of nitrogens with zero attached hydrogens (tertiary/aromatic N) is 1. The summed E-state index contributed by atoms with van der Waals surface area (Å²) in [5.74, 6) is 0.418. The molecule has 0 aromatic carbocycles. The number of hydrogen-bond acceptors (Lipinski definition) is 2. The van der Waals surface area contributed by atoms with Crippen LogP contribution in [0.3, 0.4) is 0 Å². The Kier molecular flexibility index (Phi) is 2.65. The Morgan fingerprint density at radius 2 is 2.38 bits per heavy atom. The first kappa shape index (κ1) is 7.59. The highest BCUT2D eigenvalue weighted by Gasteiger charge is 1.91. The van der Waals surface area contributed by atoms with E-state index in [9.17, 15) is 0 Å². The molecule has 0 saturated heterocycles. The summed E-state index contributed by atoms with van der Waals surface area (Å²) in [6.07, 6.45) is 1.46. The fraction of sp³-hybridized carbons (Fsp3) is 0. The molecule has 5 heteroatoms. The first-order chi connectivity index (χ1) is 3.30. The Bertz CT molecular complexity index is 145. The van der Waals surface area contributed by atoms with Gasteiger partial charge in [-0.1, -0.05) is 11.6 Å². The van der Waals surface area contributed by atoms with Crippen LogP contribution in [0.15, 0.2) is 6.20 Å². The van der Waals surface area contributed by atoms with Crippen molar-refractivity contribution in [3.63, 3.8) is 0 Å². The van der Waals surface area contributed by atoms with Crippen LogP contribution in [0, 0.1) is 0 Å². The first-order valence-corrected chi connectivity index (χ1v) is 2.13. The molecular weight excluding hydrogens is 149 g/mol. The quantitative estimate of drug-likeness (QED) is 0.587. The van der Waals surface area contributed by atoms with Crippen molar-refractivity contribution in [2.45, 2.75) is 0 Å². The summed E-state index contributed by atoms with van der Waals surface area (Å²) in [7, 11) is 0. The van der Waals surface area contributed by atoms with Gasteiger partial charge < -0.3 is 5.73 Å². The number of hydrogen-bond donors (Lipinski definition) is 2. The number of rotatable bonds is 0. The molecule has 3 N–H and O–H groups in total. The van der Waals surface area contributed by atoms with Gasteiger partial charge in [-0.2, -0.15) is 5.10 Å². The molecule has 0 spiro atoms. The van der Waals surface area contributed by atoms with E-state index in [-0.39, 0.29) is 12.4 Å². The van der Waals surface area contributed by atoms with Gasteiger partial charge in [-0.3, -0.25) is 5.10 Å². The van der Waals surface area contributed by atoms with Gasteiger partial charge in [0.2, 0.25) is 0 Å². The van der Waals surface area contributed by atoms with Crippen LogP contribution in [0.4, 0.5) is 5.82 Å². The van der Waals surface area contributed by atoms with Gasteiger partial charge in [0.05, 0.1) is 6.20 Å². The van der Waals surface area contributed by atoms with Gasteiger partial charge in [0, 0.05) is 0 Å². The number of H-pyrrole nitrogens is 1. The highest BCUT2D eigenvalue weighted by atomic mass is 35.5. The largest absolute Gasteiger partial charge is 0.383 e. The summed E-state index contributed by atoms with van der Waals surface area (Å²) < 4.78 is 0. The highest BCUT2D eigenvalue weighted by Crippen LogP contribution is 2.11. The Morgan fingerprint density at radius 3 is 2.50 bits per heavy atom. The minimum atomic E-state index is 0. The Morgan fingerprint density at radius 1 is 1.75 bits per heavy atom. The summed E-state index contributed by atoms with van der Waals surface area (Å²) in [4.78, 5) is 0. The second kappa shape index (κ2) is 2.79. The van der Waals surface area contributed by atoms with Crippen molar-refractivity contribution in [1.82, 2.24) is 10.2 Å². The van der Waals surface area contributed by atoms with Crippen molar-refractivity contribution in [1.29, 1.82) is 0 Å². The molecule has 0 radical (unpaired) electrons. The van der Waals surface area contributed by atoms with E-state index in [1.807, 2.05) is 0 Å². The molecule has 1 aromatic rings. The summed E-state index contributed by atoms with van der Waals surface area (Å²) in [6.45, 7) is 0. The topological polar surface area (TPSA) is 54.7 Å². The van der Waals surface area contributed by atoms with Gasteiger partial charge in [-0.15, -0.1) is 12.4 Å². The van der Waals surface area contributed by atoms with Crippen LogP contribution >= 0.6 is 24.0 Å². The molecule has 0 saturated carbocycles. The van der Waals surface area contributed by atoms with Crippen LogP contribution in [0.25, 0.3) is 0 Å². The molecule has 1 aromatic heterocycles. The maximum Gasteiger partial charge on any atom is 0.137 e. The first-order valence-electron chi connectivity index (χ1n) is 1.75. The van der Waals surface area contributed by atoms with Crippen LogP contribution in [0.2, 0.25) is 5.02 Å². The predicted octanol–water partition coefficient (Wildman–Crippen LogP) is 1.07. The number of nitrogen functional groups attached to an aromatic ring is 1. The van der Waals surface area contributed by atoms with Gasteiger partial charge in [0.25, 0.3) is 0 Å². The Labute approximate surface area is 57.6 Å². The Hall–Kier alpha value is -0.410. The number of anilines is 1. The van der Waals surface area contributed by atoms with Crippen LogP contribution in [0.1, 0.15) is 0 Å². The molecule has 3 nitrogen and oxygen atoms in total. The van der Waals surface area contributed by atoms with Crippen molar-refractivity contribution in [2.75, 3.05) is 5.73 Å². The Balaban J connectivity index is 0.000000490. The zero-order valence-corrected chi connectivity index (χ0v) is 5.46. The normalized spacial score (nSPS) is 8.12. The fourth-order valence-corrected chi connectivity index (χ4v) is 0.372.